The number of carbonyl (C=O) groups is 1. The maximum absolute atomic E-state index is 12.4. The van der Waals surface area contributed by atoms with E-state index in [4.69, 9.17) is 9.47 Å². The van der Waals surface area contributed by atoms with Crippen molar-refractivity contribution in [2.45, 2.75) is 26.3 Å². The van der Waals surface area contributed by atoms with Crippen LogP contribution in [0.15, 0.2) is 30.5 Å². The van der Waals surface area contributed by atoms with Crippen molar-refractivity contribution >= 4 is 5.78 Å². The second kappa shape index (κ2) is 6.92. The Kier molecular flexibility index (Phi) is 4.98. The molecule has 1 heterocycles. The molecular formula is C16H20N2O3. The third-order valence-corrected chi connectivity index (χ3v) is 3.39. The molecule has 2 rings (SSSR count). The van der Waals surface area contributed by atoms with Crippen LogP contribution in [-0.4, -0.2) is 29.8 Å². The lowest BCUT2D eigenvalue weighted by molar-refractivity contribution is 0.0969. The summed E-state index contributed by atoms with van der Waals surface area (Å²) in [7, 11) is 3.19. The summed E-state index contributed by atoms with van der Waals surface area (Å²) in [5.41, 5.74) is 1.65. The van der Waals surface area contributed by atoms with Gasteiger partial charge in [-0.15, -0.1) is 0 Å². The Hall–Kier alpha value is -2.30. The molecule has 0 aliphatic rings. The minimum atomic E-state index is 0.0435. The molecule has 0 unspecified atom stereocenters. The van der Waals surface area contributed by atoms with Crippen LogP contribution in [0.4, 0.5) is 0 Å². The lowest BCUT2D eigenvalue weighted by Crippen LogP contribution is -2.11. The predicted octanol–water partition coefficient (Wildman–Crippen LogP) is 2.74. The van der Waals surface area contributed by atoms with Gasteiger partial charge in [-0.1, -0.05) is 12.1 Å². The number of aryl methyl sites for hydroxylation is 2. The van der Waals surface area contributed by atoms with Gasteiger partial charge in [-0.05, 0) is 31.0 Å². The number of rotatable bonds is 7. The molecule has 5 nitrogen and oxygen atoms in total. The molecule has 0 saturated heterocycles. The minimum absolute atomic E-state index is 0.0435. The van der Waals surface area contributed by atoms with Gasteiger partial charge in [-0.2, -0.15) is 5.10 Å². The highest BCUT2D eigenvalue weighted by Crippen LogP contribution is 2.20. The molecular weight excluding hydrogens is 268 g/mol. The molecule has 2 aromatic rings. The number of hydrogen-bond donors (Lipinski definition) is 0. The minimum Gasteiger partial charge on any atom is -0.497 e. The van der Waals surface area contributed by atoms with E-state index in [1.54, 1.807) is 25.1 Å². The molecule has 0 bridgehead atoms. The fourth-order valence-electron chi connectivity index (χ4n) is 2.21. The topological polar surface area (TPSA) is 53.4 Å². The summed E-state index contributed by atoms with van der Waals surface area (Å²) in [5.74, 6) is 1.40. The molecule has 1 aromatic carbocycles. The number of benzene rings is 1. The standard InChI is InChI=1S/C16H20N2O3/c1-4-18-16(15(21-3)11-17-18)14(19)10-7-12-5-8-13(20-2)9-6-12/h5-6,8-9,11H,4,7,10H2,1-3H3. The number of carbonyl (C=O) groups excluding carboxylic acids is 1. The summed E-state index contributed by atoms with van der Waals surface area (Å²) in [5, 5.41) is 4.16. The van der Waals surface area contributed by atoms with Gasteiger partial charge in [0.15, 0.2) is 11.5 Å². The van der Waals surface area contributed by atoms with Crippen LogP contribution in [0.25, 0.3) is 0 Å². The number of methoxy groups -OCH3 is 2. The molecule has 112 valence electrons. The third-order valence-electron chi connectivity index (χ3n) is 3.39. The first kappa shape index (κ1) is 15.1. The molecule has 0 N–H and O–H groups in total. The Morgan fingerprint density at radius 2 is 1.90 bits per heavy atom. The van der Waals surface area contributed by atoms with Crippen molar-refractivity contribution in [1.82, 2.24) is 9.78 Å². The Bertz CT molecular complexity index is 581. The maximum Gasteiger partial charge on any atom is 0.185 e. The monoisotopic (exact) mass is 288 g/mol. The van der Waals surface area contributed by atoms with E-state index in [-0.39, 0.29) is 5.78 Å². The summed E-state index contributed by atoms with van der Waals surface area (Å²) >= 11 is 0. The summed E-state index contributed by atoms with van der Waals surface area (Å²) in [4.78, 5) is 12.4. The Morgan fingerprint density at radius 1 is 1.19 bits per heavy atom. The highest BCUT2D eigenvalue weighted by Gasteiger charge is 2.18. The molecule has 0 aliphatic carbocycles. The molecule has 0 saturated carbocycles. The van der Waals surface area contributed by atoms with E-state index in [0.29, 0.717) is 30.8 Å². The zero-order valence-corrected chi connectivity index (χ0v) is 12.6. The zero-order chi connectivity index (χ0) is 15.2. The van der Waals surface area contributed by atoms with Crippen molar-refractivity contribution in [3.63, 3.8) is 0 Å². The van der Waals surface area contributed by atoms with E-state index in [1.165, 1.54) is 0 Å². The normalized spacial score (nSPS) is 10.4. The van der Waals surface area contributed by atoms with E-state index in [0.717, 1.165) is 11.3 Å². The first-order valence-corrected chi connectivity index (χ1v) is 6.95. The maximum atomic E-state index is 12.4. The SMILES string of the molecule is CCn1ncc(OC)c1C(=O)CCc1ccc(OC)cc1. The van der Waals surface area contributed by atoms with Gasteiger partial charge in [0, 0.05) is 13.0 Å². The van der Waals surface area contributed by atoms with Gasteiger partial charge >= 0.3 is 0 Å². The zero-order valence-electron chi connectivity index (χ0n) is 12.6. The summed E-state index contributed by atoms with van der Waals surface area (Å²) in [6.07, 6.45) is 2.69. The van der Waals surface area contributed by atoms with E-state index < -0.39 is 0 Å². The number of ether oxygens (including phenoxy) is 2. The van der Waals surface area contributed by atoms with Crippen LogP contribution in [0.5, 0.6) is 11.5 Å². The predicted molar refractivity (Wildman–Crippen MR) is 80.1 cm³/mol. The van der Waals surface area contributed by atoms with Crippen LogP contribution in [0.2, 0.25) is 0 Å². The average Bonchev–Trinajstić information content (AvgIpc) is 2.96. The second-order valence-corrected chi connectivity index (χ2v) is 4.65. The average molecular weight is 288 g/mol. The second-order valence-electron chi connectivity index (χ2n) is 4.65. The van der Waals surface area contributed by atoms with Crippen LogP contribution < -0.4 is 9.47 Å². The lowest BCUT2D eigenvalue weighted by Gasteiger charge is -2.07. The summed E-state index contributed by atoms with van der Waals surface area (Å²) in [6.45, 7) is 2.60. The Morgan fingerprint density at radius 3 is 2.48 bits per heavy atom. The molecule has 21 heavy (non-hydrogen) atoms. The lowest BCUT2D eigenvalue weighted by atomic mass is 10.1. The number of nitrogens with zero attached hydrogens (tertiary/aromatic N) is 2. The molecule has 5 heteroatoms. The van der Waals surface area contributed by atoms with Crippen LogP contribution in [0, 0.1) is 0 Å². The van der Waals surface area contributed by atoms with Gasteiger partial charge in [0.2, 0.25) is 0 Å². The van der Waals surface area contributed by atoms with E-state index in [9.17, 15) is 4.79 Å². The van der Waals surface area contributed by atoms with Gasteiger partial charge in [0.1, 0.15) is 11.4 Å². The largest absolute Gasteiger partial charge is 0.497 e. The fraction of sp³-hybridized carbons (Fsp3) is 0.375. The third kappa shape index (κ3) is 3.42. The van der Waals surface area contributed by atoms with Crippen molar-refractivity contribution in [3.8, 4) is 11.5 Å². The number of hydrogen-bond acceptors (Lipinski definition) is 4. The quantitative estimate of drug-likeness (QED) is 0.735. The van der Waals surface area contributed by atoms with E-state index in [2.05, 4.69) is 5.10 Å². The van der Waals surface area contributed by atoms with Crippen molar-refractivity contribution < 1.29 is 14.3 Å². The molecule has 0 spiro atoms. The first-order chi connectivity index (χ1) is 10.2. The van der Waals surface area contributed by atoms with E-state index in [1.807, 2.05) is 31.2 Å². The molecule has 0 atom stereocenters. The molecule has 0 aliphatic heterocycles. The van der Waals surface area contributed by atoms with Crippen LogP contribution >= 0.6 is 0 Å². The van der Waals surface area contributed by atoms with Gasteiger partial charge in [-0.3, -0.25) is 9.48 Å². The van der Waals surface area contributed by atoms with Crippen LogP contribution in [0.1, 0.15) is 29.4 Å². The van der Waals surface area contributed by atoms with Crippen molar-refractivity contribution in [2.75, 3.05) is 14.2 Å². The van der Waals surface area contributed by atoms with Gasteiger partial charge in [0.25, 0.3) is 0 Å². The van der Waals surface area contributed by atoms with E-state index >= 15 is 0 Å². The molecule has 0 fully saturated rings. The summed E-state index contributed by atoms with van der Waals surface area (Å²) in [6, 6.07) is 7.74. The number of aromatic nitrogens is 2. The summed E-state index contributed by atoms with van der Waals surface area (Å²) < 4.78 is 12.0. The molecule has 0 amide bonds. The number of Topliss-reactive ketones (excluding diaryl/α,β-unsaturated/α-hetero) is 1. The van der Waals surface area contributed by atoms with Crippen LogP contribution in [0.3, 0.4) is 0 Å². The highest BCUT2D eigenvalue weighted by atomic mass is 16.5. The van der Waals surface area contributed by atoms with Crippen molar-refractivity contribution in [3.05, 3.63) is 41.7 Å². The van der Waals surface area contributed by atoms with Crippen molar-refractivity contribution in [1.29, 1.82) is 0 Å². The number of ketones is 1. The highest BCUT2D eigenvalue weighted by molar-refractivity contribution is 5.97. The van der Waals surface area contributed by atoms with Gasteiger partial charge in [-0.25, -0.2) is 0 Å². The first-order valence-electron chi connectivity index (χ1n) is 6.95. The molecule has 1 aromatic heterocycles. The van der Waals surface area contributed by atoms with Crippen molar-refractivity contribution in [2.24, 2.45) is 0 Å². The van der Waals surface area contributed by atoms with Gasteiger partial charge in [0.05, 0.1) is 20.4 Å². The van der Waals surface area contributed by atoms with Gasteiger partial charge < -0.3 is 9.47 Å². The Balaban J connectivity index is 2.05. The smallest absolute Gasteiger partial charge is 0.185 e. The molecule has 0 radical (unpaired) electrons. The van der Waals surface area contributed by atoms with Crippen LogP contribution in [-0.2, 0) is 13.0 Å². The fourth-order valence-corrected chi connectivity index (χ4v) is 2.21. The Labute approximate surface area is 124 Å².